The summed E-state index contributed by atoms with van der Waals surface area (Å²) < 4.78 is 0. The second-order valence-corrected chi connectivity index (χ2v) is 6.58. The molecule has 0 unspecified atom stereocenters. The zero-order valence-electron chi connectivity index (χ0n) is 10.6. The summed E-state index contributed by atoms with van der Waals surface area (Å²) >= 11 is 0. The summed E-state index contributed by atoms with van der Waals surface area (Å²) in [5, 5.41) is 3.00. The summed E-state index contributed by atoms with van der Waals surface area (Å²) in [6.45, 7) is 2.69. The van der Waals surface area contributed by atoms with Crippen LogP contribution in [0.4, 0.5) is 0 Å². The largest absolute Gasteiger partial charge is 0.350 e. The van der Waals surface area contributed by atoms with Gasteiger partial charge in [0.15, 0.2) is 0 Å². The fourth-order valence-corrected chi connectivity index (χ4v) is 3.29. The lowest BCUT2D eigenvalue weighted by Gasteiger charge is -2.14. The number of amides is 1. The van der Waals surface area contributed by atoms with Gasteiger partial charge in [0, 0.05) is 24.5 Å². The summed E-state index contributed by atoms with van der Waals surface area (Å²) in [4.78, 5) is 11.7. The molecular weight excluding hydrogens is 264 g/mol. The Morgan fingerprint density at radius 1 is 1.28 bits per heavy atom. The fraction of sp³-hybridized carbons (Fsp3) is 0.462. The lowest BCUT2D eigenvalue weighted by atomic mass is 10.1. The van der Waals surface area contributed by atoms with Crippen molar-refractivity contribution in [2.45, 2.75) is 19.4 Å². The second-order valence-electron chi connectivity index (χ2n) is 3.88. The fourth-order valence-electron chi connectivity index (χ4n) is 1.44. The van der Waals surface area contributed by atoms with Crippen molar-refractivity contribution in [2.75, 3.05) is 18.1 Å². The number of hydrogen-bond acceptors (Lipinski definition) is 4. The van der Waals surface area contributed by atoms with Gasteiger partial charge in [0.05, 0.1) is 6.04 Å². The molecule has 0 aliphatic rings. The highest BCUT2D eigenvalue weighted by molar-refractivity contribution is 8.76. The van der Waals surface area contributed by atoms with Crippen LogP contribution in [0.3, 0.4) is 0 Å². The van der Waals surface area contributed by atoms with E-state index in [1.807, 2.05) is 37.3 Å². The molecule has 100 valence electrons. The zero-order valence-corrected chi connectivity index (χ0v) is 12.2. The second kappa shape index (κ2) is 9.30. The van der Waals surface area contributed by atoms with Gasteiger partial charge in [-0.1, -0.05) is 51.9 Å². The van der Waals surface area contributed by atoms with Gasteiger partial charge in [-0.15, -0.1) is 0 Å². The van der Waals surface area contributed by atoms with Crippen molar-refractivity contribution in [3.8, 4) is 0 Å². The first kappa shape index (κ1) is 15.4. The molecule has 1 atom stereocenters. The average molecular weight is 284 g/mol. The van der Waals surface area contributed by atoms with Gasteiger partial charge in [-0.2, -0.15) is 0 Å². The molecule has 0 saturated heterocycles. The van der Waals surface area contributed by atoms with E-state index in [4.69, 9.17) is 5.73 Å². The Kier molecular flexibility index (Phi) is 7.96. The molecule has 18 heavy (non-hydrogen) atoms. The van der Waals surface area contributed by atoms with Crippen LogP contribution in [0.5, 0.6) is 0 Å². The maximum absolute atomic E-state index is 11.7. The maximum Gasteiger partial charge on any atom is 0.221 e. The first-order valence-electron chi connectivity index (χ1n) is 6.03. The molecular formula is C13H20N2OS2. The molecule has 3 N–H and O–H groups in total. The standard InChI is InChI=1S/C13H20N2OS2/c1-11(12-5-3-2-4-6-12)15-13(16)7-9-17-18-10-8-14/h2-6,11H,7-10,14H2,1H3,(H,15,16)/t11-/m1/s1. The van der Waals surface area contributed by atoms with Crippen molar-refractivity contribution in [2.24, 2.45) is 5.73 Å². The van der Waals surface area contributed by atoms with Crippen LogP contribution in [0.15, 0.2) is 30.3 Å². The quantitative estimate of drug-likeness (QED) is 0.569. The SMILES string of the molecule is C[C@@H](NC(=O)CCSSCCN)c1ccccc1. The first-order valence-corrected chi connectivity index (χ1v) is 8.51. The number of carbonyl (C=O) groups excluding carboxylic acids is 1. The van der Waals surface area contributed by atoms with Crippen LogP contribution < -0.4 is 11.1 Å². The van der Waals surface area contributed by atoms with E-state index in [9.17, 15) is 4.79 Å². The van der Waals surface area contributed by atoms with Crippen molar-refractivity contribution in [3.05, 3.63) is 35.9 Å². The number of nitrogens with one attached hydrogen (secondary N) is 1. The Bertz CT molecular complexity index is 346. The first-order chi connectivity index (χ1) is 8.74. The van der Waals surface area contributed by atoms with Crippen molar-refractivity contribution >= 4 is 27.5 Å². The normalized spacial score (nSPS) is 12.1. The zero-order chi connectivity index (χ0) is 13.2. The number of hydrogen-bond donors (Lipinski definition) is 2. The van der Waals surface area contributed by atoms with Crippen LogP contribution in [0.2, 0.25) is 0 Å². The Hall–Kier alpha value is -0.650. The Labute approximate surface area is 117 Å². The van der Waals surface area contributed by atoms with Gasteiger partial charge in [0.25, 0.3) is 0 Å². The molecule has 0 aliphatic heterocycles. The van der Waals surface area contributed by atoms with Gasteiger partial charge in [0.1, 0.15) is 0 Å². The summed E-state index contributed by atoms with van der Waals surface area (Å²) in [6, 6.07) is 10.1. The molecule has 3 nitrogen and oxygen atoms in total. The predicted octanol–water partition coefficient (Wildman–Crippen LogP) is 2.59. The molecule has 1 aromatic rings. The topological polar surface area (TPSA) is 55.1 Å². The van der Waals surface area contributed by atoms with E-state index in [-0.39, 0.29) is 11.9 Å². The molecule has 0 bridgehead atoms. The molecule has 1 amide bonds. The third-order valence-electron chi connectivity index (χ3n) is 2.37. The van der Waals surface area contributed by atoms with E-state index in [2.05, 4.69) is 5.32 Å². The molecule has 0 fully saturated rings. The molecule has 0 spiro atoms. The molecule has 0 saturated carbocycles. The number of nitrogens with two attached hydrogens (primary N) is 1. The van der Waals surface area contributed by atoms with Gasteiger partial charge in [0.2, 0.25) is 5.91 Å². The van der Waals surface area contributed by atoms with Crippen molar-refractivity contribution in [1.82, 2.24) is 5.32 Å². The highest BCUT2D eigenvalue weighted by atomic mass is 33.1. The van der Waals surface area contributed by atoms with Crippen LogP contribution in [-0.2, 0) is 4.79 Å². The van der Waals surface area contributed by atoms with Crippen molar-refractivity contribution in [1.29, 1.82) is 0 Å². The van der Waals surface area contributed by atoms with E-state index in [1.54, 1.807) is 21.6 Å². The summed E-state index contributed by atoms with van der Waals surface area (Å²) in [7, 11) is 3.43. The third kappa shape index (κ3) is 6.33. The molecule has 1 aromatic carbocycles. The third-order valence-corrected chi connectivity index (χ3v) is 4.81. The Balaban J connectivity index is 2.20. The van der Waals surface area contributed by atoms with Crippen LogP contribution in [0.25, 0.3) is 0 Å². The summed E-state index contributed by atoms with van der Waals surface area (Å²) in [5.41, 5.74) is 6.52. The molecule has 0 aliphatic carbocycles. The Morgan fingerprint density at radius 3 is 2.61 bits per heavy atom. The van der Waals surface area contributed by atoms with E-state index < -0.39 is 0 Å². The van der Waals surface area contributed by atoms with Crippen LogP contribution in [0, 0.1) is 0 Å². The predicted molar refractivity (Wildman–Crippen MR) is 81.6 cm³/mol. The van der Waals surface area contributed by atoms with Gasteiger partial charge in [-0.05, 0) is 12.5 Å². The molecule has 1 rings (SSSR count). The van der Waals surface area contributed by atoms with Gasteiger partial charge < -0.3 is 11.1 Å². The van der Waals surface area contributed by atoms with Gasteiger partial charge >= 0.3 is 0 Å². The maximum atomic E-state index is 11.7. The smallest absolute Gasteiger partial charge is 0.221 e. The molecule has 5 heteroatoms. The number of carbonyl (C=O) groups is 1. The van der Waals surface area contributed by atoms with Crippen LogP contribution in [-0.4, -0.2) is 24.0 Å². The van der Waals surface area contributed by atoms with E-state index in [1.165, 1.54) is 0 Å². The Morgan fingerprint density at radius 2 is 1.94 bits per heavy atom. The molecule has 0 aromatic heterocycles. The minimum atomic E-state index is 0.0698. The summed E-state index contributed by atoms with van der Waals surface area (Å²) in [6.07, 6.45) is 0.555. The molecule has 0 radical (unpaired) electrons. The van der Waals surface area contributed by atoms with Gasteiger partial charge in [-0.25, -0.2) is 0 Å². The monoisotopic (exact) mass is 284 g/mol. The highest BCUT2D eigenvalue weighted by Crippen LogP contribution is 2.21. The number of benzene rings is 1. The summed E-state index contributed by atoms with van der Waals surface area (Å²) in [5.74, 6) is 1.87. The lowest BCUT2D eigenvalue weighted by Crippen LogP contribution is -2.26. The van der Waals surface area contributed by atoms with E-state index >= 15 is 0 Å². The number of rotatable bonds is 8. The van der Waals surface area contributed by atoms with Crippen molar-refractivity contribution in [3.63, 3.8) is 0 Å². The lowest BCUT2D eigenvalue weighted by molar-refractivity contribution is -0.121. The van der Waals surface area contributed by atoms with Crippen molar-refractivity contribution < 1.29 is 4.79 Å². The van der Waals surface area contributed by atoms with E-state index in [0.29, 0.717) is 13.0 Å². The van der Waals surface area contributed by atoms with E-state index in [0.717, 1.165) is 17.1 Å². The van der Waals surface area contributed by atoms with Crippen LogP contribution in [0.1, 0.15) is 24.9 Å². The highest BCUT2D eigenvalue weighted by Gasteiger charge is 2.08. The van der Waals surface area contributed by atoms with Gasteiger partial charge in [-0.3, -0.25) is 4.79 Å². The van der Waals surface area contributed by atoms with Crippen LogP contribution >= 0.6 is 21.6 Å². The molecule has 0 heterocycles. The minimum Gasteiger partial charge on any atom is -0.350 e. The average Bonchev–Trinajstić information content (AvgIpc) is 2.39. The minimum absolute atomic E-state index is 0.0698.